The number of H-pyrrole nitrogens is 2. The molecule has 5 heteroatoms. The van der Waals surface area contributed by atoms with E-state index in [-0.39, 0.29) is 5.56 Å². The zero-order valence-electron chi connectivity index (χ0n) is 5.88. The molecule has 56 valence electrons. The van der Waals surface area contributed by atoms with Gasteiger partial charge >= 0.3 is 0 Å². The van der Waals surface area contributed by atoms with Crippen molar-refractivity contribution in [2.45, 2.75) is 6.92 Å². The topological polar surface area (TPSA) is 74.4 Å². The van der Waals surface area contributed by atoms with Crippen LogP contribution in [0.5, 0.6) is 0 Å². The molecule has 2 aromatic heterocycles. The van der Waals surface area contributed by atoms with Crippen molar-refractivity contribution in [1.29, 1.82) is 0 Å². The SMILES string of the molecule is Cc1[nH]nc2cn[nH]c(=O)c12. The van der Waals surface area contributed by atoms with E-state index in [2.05, 4.69) is 20.4 Å². The Labute approximate surface area is 61.4 Å². The molecule has 0 aliphatic rings. The van der Waals surface area contributed by atoms with Gasteiger partial charge in [0.2, 0.25) is 0 Å². The van der Waals surface area contributed by atoms with Crippen LogP contribution in [0.3, 0.4) is 0 Å². The number of rotatable bonds is 0. The first kappa shape index (κ1) is 6.09. The van der Waals surface area contributed by atoms with E-state index in [1.807, 2.05) is 0 Å². The Morgan fingerprint density at radius 1 is 1.45 bits per heavy atom. The van der Waals surface area contributed by atoms with Crippen LogP contribution in [0.25, 0.3) is 10.9 Å². The number of fused-ring (bicyclic) bond motifs is 1. The predicted molar refractivity (Wildman–Crippen MR) is 39.2 cm³/mol. The second-order valence-corrected chi connectivity index (χ2v) is 2.31. The van der Waals surface area contributed by atoms with Crippen molar-refractivity contribution in [1.82, 2.24) is 20.4 Å². The smallest absolute Gasteiger partial charge is 0.275 e. The molecule has 0 spiro atoms. The van der Waals surface area contributed by atoms with Gasteiger partial charge in [-0.1, -0.05) is 0 Å². The van der Waals surface area contributed by atoms with Crippen LogP contribution in [0.1, 0.15) is 5.69 Å². The van der Waals surface area contributed by atoms with Gasteiger partial charge in [-0.3, -0.25) is 9.89 Å². The Morgan fingerprint density at radius 2 is 2.27 bits per heavy atom. The van der Waals surface area contributed by atoms with Gasteiger partial charge < -0.3 is 0 Å². The molecule has 0 fully saturated rings. The molecule has 0 aromatic carbocycles. The standard InChI is InChI=1S/C6H6N4O/c1-3-5-4(9-8-3)2-7-10-6(5)11/h2H,1H3,(H,8,9)(H,10,11). The van der Waals surface area contributed by atoms with E-state index in [0.717, 1.165) is 5.69 Å². The highest BCUT2D eigenvalue weighted by Crippen LogP contribution is 2.05. The largest absolute Gasteiger partial charge is 0.281 e. The summed E-state index contributed by atoms with van der Waals surface area (Å²) < 4.78 is 0. The van der Waals surface area contributed by atoms with Crippen molar-refractivity contribution in [3.8, 4) is 0 Å². The third kappa shape index (κ3) is 0.739. The van der Waals surface area contributed by atoms with Gasteiger partial charge in [-0.15, -0.1) is 0 Å². The van der Waals surface area contributed by atoms with E-state index in [9.17, 15) is 4.79 Å². The van der Waals surface area contributed by atoms with Crippen molar-refractivity contribution in [2.24, 2.45) is 0 Å². The quantitative estimate of drug-likeness (QED) is 0.553. The molecular weight excluding hydrogens is 144 g/mol. The summed E-state index contributed by atoms with van der Waals surface area (Å²) in [7, 11) is 0. The Morgan fingerprint density at radius 3 is 3.00 bits per heavy atom. The van der Waals surface area contributed by atoms with Gasteiger partial charge in [-0.2, -0.15) is 10.2 Å². The number of aromatic nitrogens is 4. The summed E-state index contributed by atoms with van der Waals surface area (Å²) in [6.45, 7) is 1.80. The molecule has 0 aliphatic heterocycles. The Hall–Kier alpha value is -1.65. The first-order valence-corrected chi connectivity index (χ1v) is 3.17. The van der Waals surface area contributed by atoms with Crippen LogP contribution in [-0.4, -0.2) is 20.4 Å². The van der Waals surface area contributed by atoms with E-state index >= 15 is 0 Å². The second kappa shape index (κ2) is 1.91. The minimum Gasteiger partial charge on any atom is -0.281 e. The monoisotopic (exact) mass is 150 g/mol. The molecule has 2 aromatic rings. The van der Waals surface area contributed by atoms with Gasteiger partial charge in [-0.25, -0.2) is 5.10 Å². The van der Waals surface area contributed by atoms with Crippen molar-refractivity contribution < 1.29 is 0 Å². The molecule has 2 heterocycles. The maximum Gasteiger partial charge on any atom is 0.275 e. The fourth-order valence-electron chi connectivity index (χ4n) is 1.04. The molecule has 2 rings (SSSR count). The van der Waals surface area contributed by atoms with Gasteiger partial charge in [0, 0.05) is 5.69 Å². The highest BCUT2D eigenvalue weighted by atomic mass is 16.1. The van der Waals surface area contributed by atoms with Crippen LogP contribution >= 0.6 is 0 Å². The van der Waals surface area contributed by atoms with Crippen LogP contribution in [0.15, 0.2) is 11.0 Å². The molecule has 2 N–H and O–H groups in total. The van der Waals surface area contributed by atoms with E-state index in [1.54, 1.807) is 6.92 Å². The number of nitrogens with one attached hydrogen (secondary N) is 2. The average molecular weight is 150 g/mol. The maximum atomic E-state index is 11.1. The molecule has 0 saturated heterocycles. The number of aryl methyl sites for hydroxylation is 1. The van der Waals surface area contributed by atoms with E-state index < -0.39 is 0 Å². The lowest BCUT2D eigenvalue weighted by Crippen LogP contribution is -2.06. The molecule has 0 aliphatic carbocycles. The van der Waals surface area contributed by atoms with Gasteiger partial charge in [0.05, 0.1) is 11.6 Å². The molecule has 0 unspecified atom stereocenters. The van der Waals surface area contributed by atoms with Crippen molar-refractivity contribution >= 4 is 10.9 Å². The molecule has 5 nitrogen and oxygen atoms in total. The molecule has 11 heavy (non-hydrogen) atoms. The molecule has 0 saturated carbocycles. The lowest BCUT2D eigenvalue weighted by atomic mass is 10.3. The Kier molecular flexibility index (Phi) is 1.06. The summed E-state index contributed by atoms with van der Waals surface area (Å²) in [5.74, 6) is 0. The number of hydrogen-bond donors (Lipinski definition) is 2. The minimum absolute atomic E-state index is 0.200. The van der Waals surface area contributed by atoms with E-state index in [1.165, 1.54) is 6.20 Å². The zero-order chi connectivity index (χ0) is 7.84. The summed E-state index contributed by atoms with van der Waals surface area (Å²) >= 11 is 0. The Balaban J connectivity index is 3.08. The van der Waals surface area contributed by atoms with Crippen LogP contribution in [0.2, 0.25) is 0 Å². The number of nitrogens with zero attached hydrogens (tertiary/aromatic N) is 2. The summed E-state index contributed by atoms with van der Waals surface area (Å²) in [5, 5.41) is 13.1. The zero-order valence-corrected chi connectivity index (χ0v) is 5.88. The lowest BCUT2D eigenvalue weighted by molar-refractivity contribution is 1.01. The van der Waals surface area contributed by atoms with Crippen LogP contribution in [-0.2, 0) is 0 Å². The number of hydrogen-bond acceptors (Lipinski definition) is 3. The van der Waals surface area contributed by atoms with Crippen LogP contribution < -0.4 is 5.56 Å². The van der Waals surface area contributed by atoms with E-state index in [4.69, 9.17) is 0 Å². The molecular formula is C6H6N4O. The second-order valence-electron chi connectivity index (χ2n) is 2.31. The van der Waals surface area contributed by atoms with Crippen LogP contribution in [0.4, 0.5) is 0 Å². The first-order valence-electron chi connectivity index (χ1n) is 3.17. The fourth-order valence-corrected chi connectivity index (χ4v) is 1.04. The van der Waals surface area contributed by atoms with Crippen molar-refractivity contribution in [2.75, 3.05) is 0 Å². The Bertz CT molecular complexity index is 441. The lowest BCUT2D eigenvalue weighted by Gasteiger charge is -1.84. The highest BCUT2D eigenvalue weighted by Gasteiger charge is 2.03. The fraction of sp³-hybridized carbons (Fsp3) is 0.167. The summed E-state index contributed by atoms with van der Waals surface area (Å²) in [6, 6.07) is 0. The maximum absolute atomic E-state index is 11.1. The summed E-state index contributed by atoms with van der Waals surface area (Å²) in [5.41, 5.74) is 1.17. The molecule has 0 bridgehead atoms. The molecule has 0 amide bonds. The van der Waals surface area contributed by atoms with Crippen LogP contribution in [0, 0.1) is 6.92 Å². The van der Waals surface area contributed by atoms with Gasteiger partial charge in [-0.05, 0) is 6.92 Å². The van der Waals surface area contributed by atoms with Gasteiger partial charge in [0.25, 0.3) is 5.56 Å². The van der Waals surface area contributed by atoms with Crippen molar-refractivity contribution in [3.63, 3.8) is 0 Å². The van der Waals surface area contributed by atoms with Crippen molar-refractivity contribution in [3.05, 3.63) is 22.2 Å². The normalized spacial score (nSPS) is 10.6. The highest BCUT2D eigenvalue weighted by molar-refractivity contribution is 5.78. The van der Waals surface area contributed by atoms with E-state index in [0.29, 0.717) is 10.9 Å². The first-order chi connectivity index (χ1) is 5.29. The third-order valence-electron chi connectivity index (χ3n) is 1.56. The summed E-state index contributed by atoms with van der Waals surface area (Å²) in [4.78, 5) is 11.1. The minimum atomic E-state index is -0.200. The number of aromatic amines is 2. The van der Waals surface area contributed by atoms with Gasteiger partial charge in [0.15, 0.2) is 0 Å². The summed E-state index contributed by atoms with van der Waals surface area (Å²) in [6.07, 6.45) is 1.51. The van der Waals surface area contributed by atoms with Gasteiger partial charge in [0.1, 0.15) is 5.52 Å². The predicted octanol–water partition coefficient (Wildman–Crippen LogP) is -0.0454. The molecule has 0 radical (unpaired) electrons. The average Bonchev–Trinajstić information content (AvgIpc) is 2.34. The third-order valence-corrected chi connectivity index (χ3v) is 1.56. The molecule has 0 atom stereocenters.